The Bertz CT molecular complexity index is 981. The van der Waals surface area contributed by atoms with Gasteiger partial charge < -0.3 is 0 Å². The summed E-state index contributed by atoms with van der Waals surface area (Å²) in [6.45, 7) is -1.30. The van der Waals surface area contributed by atoms with Crippen LogP contribution in [0.1, 0.15) is 0 Å². The van der Waals surface area contributed by atoms with Crippen molar-refractivity contribution in [2.75, 3.05) is 0 Å². The Morgan fingerprint density at radius 2 is 1.89 bits per heavy atom. The van der Waals surface area contributed by atoms with Gasteiger partial charge in [-0.1, -0.05) is 11.6 Å². The zero-order valence-electron chi connectivity index (χ0n) is 13.2. The molecule has 0 saturated heterocycles. The van der Waals surface area contributed by atoms with E-state index in [-0.39, 0.29) is 21.7 Å². The van der Waals surface area contributed by atoms with Gasteiger partial charge in [0.05, 0.1) is 9.95 Å². The summed E-state index contributed by atoms with van der Waals surface area (Å²) in [5, 5.41) is 18.4. The van der Waals surface area contributed by atoms with Crippen LogP contribution >= 0.6 is 23.4 Å². The zero-order chi connectivity index (χ0) is 19.6. The topological polar surface area (TPSA) is 86.7 Å². The molecule has 0 unspecified atom stereocenters. The van der Waals surface area contributed by atoms with E-state index in [0.717, 1.165) is 22.4 Å². The maximum atomic E-state index is 13.1. The molecule has 12 heteroatoms. The summed E-state index contributed by atoms with van der Waals surface area (Å²) in [7, 11) is 0. The van der Waals surface area contributed by atoms with Gasteiger partial charge in [-0.05, 0) is 30.0 Å². The average molecular weight is 416 g/mol. The van der Waals surface area contributed by atoms with Crippen LogP contribution in [0.2, 0.25) is 5.02 Å². The van der Waals surface area contributed by atoms with Crippen molar-refractivity contribution in [3.05, 3.63) is 57.9 Å². The van der Waals surface area contributed by atoms with Gasteiger partial charge >= 0.3 is 6.18 Å². The second kappa shape index (κ2) is 7.53. The van der Waals surface area contributed by atoms with Gasteiger partial charge in [-0.25, -0.2) is 0 Å². The van der Waals surface area contributed by atoms with Gasteiger partial charge in [0.15, 0.2) is 11.0 Å². The lowest BCUT2D eigenvalue weighted by molar-refractivity contribution is -0.384. The maximum absolute atomic E-state index is 13.1. The predicted molar refractivity (Wildman–Crippen MR) is 91.5 cm³/mol. The first kappa shape index (κ1) is 19.1. The summed E-state index contributed by atoms with van der Waals surface area (Å²) in [4.78, 5) is 14.3. The number of pyridine rings is 1. The summed E-state index contributed by atoms with van der Waals surface area (Å²) in [6, 6.07) is 6.72. The molecule has 0 amide bonds. The molecule has 27 heavy (non-hydrogen) atoms. The van der Waals surface area contributed by atoms with E-state index in [4.69, 9.17) is 11.6 Å². The van der Waals surface area contributed by atoms with E-state index in [1.165, 1.54) is 36.7 Å². The summed E-state index contributed by atoms with van der Waals surface area (Å²) in [5.74, 6) is 0.0234. The fourth-order valence-electron chi connectivity index (χ4n) is 2.18. The first-order chi connectivity index (χ1) is 12.7. The number of benzene rings is 1. The van der Waals surface area contributed by atoms with Gasteiger partial charge in [0.25, 0.3) is 5.69 Å². The molecule has 2 aromatic heterocycles. The third-order valence-electron chi connectivity index (χ3n) is 3.32. The van der Waals surface area contributed by atoms with E-state index in [1.807, 2.05) is 0 Å². The highest BCUT2D eigenvalue weighted by molar-refractivity contribution is 7.99. The number of hydrogen-bond acceptors (Lipinski definition) is 6. The van der Waals surface area contributed by atoms with E-state index in [9.17, 15) is 23.3 Å². The number of aromatic nitrogens is 4. The molecule has 0 fully saturated rings. The van der Waals surface area contributed by atoms with Crippen molar-refractivity contribution in [2.24, 2.45) is 0 Å². The second-order valence-corrected chi connectivity index (χ2v) is 6.63. The normalized spacial score (nSPS) is 11.6. The van der Waals surface area contributed by atoms with Crippen molar-refractivity contribution in [3.63, 3.8) is 0 Å². The number of non-ortho nitro benzene ring substituents is 1. The third kappa shape index (κ3) is 4.55. The van der Waals surface area contributed by atoms with E-state index >= 15 is 0 Å². The quantitative estimate of drug-likeness (QED) is 0.446. The molecule has 0 atom stereocenters. The van der Waals surface area contributed by atoms with Crippen molar-refractivity contribution in [1.82, 2.24) is 19.7 Å². The molecule has 3 rings (SSSR count). The fraction of sp³-hybridized carbons (Fsp3) is 0.133. The number of nitrogens with zero attached hydrogens (tertiary/aromatic N) is 5. The number of nitro benzene ring substituents is 1. The smallest absolute Gasteiger partial charge is 0.293 e. The van der Waals surface area contributed by atoms with Gasteiger partial charge in [-0.3, -0.25) is 19.7 Å². The van der Waals surface area contributed by atoms with Crippen LogP contribution < -0.4 is 0 Å². The SMILES string of the molecule is O=[N+]([O-])c1ccc(Sc2nnc(-c3ccncc3)n2CC(F)(F)F)c(Cl)c1. The summed E-state index contributed by atoms with van der Waals surface area (Å²) in [6.07, 6.45) is -1.64. The number of alkyl halides is 3. The fourth-order valence-corrected chi connectivity index (χ4v) is 3.31. The molecule has 0 aliphatic heterocycles. The van der Waals surface area contributed by atoms with Crippen LogP contribution in [0.4, 0.5) is 18.9 Å². The molecular weight excluding hydrogens is 407 g/mol. The number of hydrogen-bond donors (Lipinski definition) is 0. The minimum Gasteiger partial charge on any atom is -0.293 e. The Hall–Kier alpha value is -2.66. The van der Waals surface area contributed by atoms with Crippen LogP contribution in [0.25, 0.3) is 11.4 Å². The first-order valence-corrected chi connectivity index (χ1v) is 8.46. The van der Waals surface area contributed by atoms with Gasteiger partial charge in [-0.15, -0.1) is 10.2 Å². The average Bonchev–Trinajstić information content (AvgIpc) is 2.98. The van der Waals surface area contributed by atoms with Crippen LogP contribution in [0.5, 0.6) is 0 Å². The molecule has 140 valence electrons. The molecule has 0 aliphatic carbocycles. The van der Waals surface area contributed by atoms with Crippen molar-refractivity contribution in [1.29, 1.82) is 0 Å². The van der Waals surface area contributed by atoms with Gasteiger partial charge in [0, 0.05) is 35.0 Å². The third-order valence-corrected chi connectivity index (χ3v) is 4.81. The number of halogens is 4. The van der Waals surface area contributed by atoms with E-state index in [1.54, 1.807) is 0 Å². The predicted octanol–water partition coefficient (Wildman–Crippen LogP) is 4.62. The summed E-state index contributed by atoms with van der Waals surface area (Å²) < 4.78 is 40.1. The zero-order valence-corrected chi connectivity index (χ0v) is 14.8. The van der Waals surface area contributed by atoms with E-state index < -0.39 is 17.6 Å². The Morgan fingerprint density at radius 1 is 1.19 bits per heavy atom. The highest BCUT2D eigenvalue weighted by Crippen LogP contribution is 2.36. The molecule has 0 radical (unpaired) electrons. The summed E-state index contributed by atoms with van der Waals surface area (Å²) in [5.41, 5.74) is 0.196. The lowest BCUT2D eigenvalue weighted by Crippen LogP contribution is -2.19. The van der Waals surface area contributed by atoms with Crippen LogP contribution in [0.3, 0.4) is 0 Å². The Balaban J connectivity index is 2.01. The van der Waals surface area contributed by atoms with Gasteiger partial charge in [0.2, 0.25) is 0 Å². The minimum absolute atomic E-state index is 0.0234. The van der Waals surface area contributed by atoms with Crippen LogP contribution in [0.15, 0.2) is 52.8 Å². The minimum atomic E-state index is -4.50. The standard InChI is InChI=1S/C15H9ClF3N5O2S/c16-11-7-10(24(25)26)1-2-12(11)27-14-22-21-13(9-3-5-20-6-4-9)23(14)8-15(17,18)19/h1-7H,8H2. The molecule has 7 nitrogen and oxygen atoms in total. The van der Waals surface area contributed by atoms with Crippen molar-refractivity contribution >= 4 is 29.1 Å². The molecule has 0 spiro atoms. The highest BCUT2D eigenvalue weighted by Gasteiger charge is 2.31. The van der Waals surface area contributed by atoms with Gasteiger partial charge in [-0.2, -0.15) is 13.2 Å². The molecule has 0 bridgehead atoms. The van der Waals surface area contributed by atoms with Crippen molar-refractivity contribution in [3.8, 4) is 11.4 Å². The van der Waals surface area contributed by atoms with Crippen LogP contribution in [-0.4, -0.2) is 30.8 Å². The molecule has 0 aliphatic rings. The monoisotopic (exact) mass is 415 g/mol. The lowest BCUT2D eigenvalue weighted by atomic mass is 10.2. The molecule has 1 aromatic carbocycles. The molecule has 0 saturated carbocycles. The Kier molecular flexibility index (Phi) is 5.33. The Morgan fingerprint density at radius 3 is 2.48 bits per heavy atom. The second-order valence-electron chi connectivity index (χ2n) is 5.22. The van der Waals surface area contributed by atoms with E-state index in [2.05, 4.69) is 15.2 Å². The summed E-state index contributed by atoms with van der Waals surface area (Å²) >= 11 is 6.86. The van der Waals surface area contributed by atoms with Crippen molar-refractivity contribution in [2.45, 2.75) is 22.8 Å². The number of nitro groups is 1. The lowest BCUT2D eigenvalue weighted by Gasteiger charge is -2.12. The van der Waals surface area contributed by atoms with Gasteiger partial charge in [0.1, 0.15) is 6.54 Å². The molecular formula is C15H9ClF3N5O2S. The van der Waals surface area contributed by atoms with Crippen molar-refractivity contribution < 1.29 is 18.1 Å². The highest BCUT2D eigenvalue weighted by atomic mass is 35.5. The van der Waals surface area contributed by atoms with Crippen LogP contribution in [0, 0.1) is 10.1 Å². The largest absolute Gasteiger partial charge is 0.406 e. The van der Waals surface area contributed by atoms with Crippen LogP contribution in [-0.2, 0) is 6.54 Å². The maximum Gasteiger partial charge on any atom is 0.406 e. The number of rotatable bonds is 5. The first-order valence-electron chi connectivity index (χ1n) is 7.27. The Labute approximate surface area is 159 Å². The van der Waals surface area contributed by atoms with E-state index in [0.29, 0.717) is 10.5 Å². The molecule has 2 heterocycles. The molecule has 3 aromatic rings. The molecule has 0 N–H and O–H groups in total.